The fourth-order valence-corrected chi connectivity index (χ4v) is 3.48. The highest BCUT2D eigenvalue weighted by molar-refractivity contribution is 5.68. The summed E-state index contributed by atoms with van der Waals surface area (Å²) in [7, 11) is 2.09. The fraction of sp³-hybridized carbons (Fsp3) is 0.840. The Balaban J connectivity index is 0.00000122. The molecule has 0 aliphatic rings. The first-order valence-electron chi connectivity index (χ1n) is 12.4. The zero-order valence-corrected chi connectivity index (χ0v) is 20.0. The van der Waals surface area contributed by atoms with E-state index in [0.717, 1.165) is 6.92 Å². The number of aryl methyl sites for hydroxylation is 2. The molecular weight excluding hydrogens is 376 g/mol. The van der Waals surface area contributed by atoms with Crippen molar-refractivity contribution in [2.45, 2.75) is 129 Å². The number of carboxylic acids is 1. The molecule has 0 aliphatic carbocycles. The van der Waals surface area contributed by atoms with Crippen LogP contribution in [0.5, 0.6) is 0 Å². The summed E-state index contributed by atoms with van der Waals surface area (Å²) in [6.45, 7) is 4.61. The number of aromatic nitrogens is 2. The minimum atomic E-state index is -1.44. The third kappa shape index (κ3) is 19.9. The molecule has 30 heavy (non-hydrogen) atoms. The third-order valence-electron chi connectivity index (χ3n) is 5.43. The summed E-state index contributed by atoms with van der Waals surface area (Å²) in [5.74, 6) is -1.44. The normalized spacial score (nSPS) is 11.7. The lowest BCUT2D eigenvalue weighted by atomic mass is 10.0. The van der Waals surface area contributed by atoms with E-state index in [4.69, 9.17) is 5.11 Å². The Bertz CT molecular complexity index is 500. The average molecular weight is 425 g/mol. The van der Waals surface area contributed by atoms with Crippen LogP contribution in [0.15, 0.2) is 18.7 Å². The van der Waals surface area contributed by atoms with Crippen LogP contribution in [0.3, 0.4) is 0 Å². The topological polar surface area (TPSA) is 69.2 Å². The Kier molecular flexibility index (Phi) is 19.9. The van der Waals surface area contributed by atoms with Gasteiger partial charge in [0, 0.05) is 0 Å². The molecule has 1 rings (SSSR count). The van der Waals surface area contributed by atoms with E-state index in [1.165, 1.54) is 109 Å². The first-order valence-corrected chi connectivity index (χ1v) is 12.4. The van der Waals surface area contributed by atoms with Crippen LogP contribution in [0, 0.1) is 0 Å². The second-order valence-electron chi connectivity index (χ2n) is 8.62. The van der Waals surface area contributed by atoms with Crippen molar-refractivity contribution in [1.82, 2.24) is 4.57 Å². The van der Waals surface area contributed by atoms with Crippen molar-refractivity contribution in [3.05, 3.63) is 18.7 Å². The van der Waals surface area contributed by atoms with E-state index in [0.29, 0.717) is 0 Å². The molecule has 176 valence electrons. The van der Waals surface area contributed by atoms with Crippen molar-refractivity contribution in [3.63, 3.8) is 0 Å². The van der Waals surface area contributed by atoms with Gasteiger partial charge in [0.1, 0.15) is 12.4 Å². The number of hydrogen-bond acceptors (Lipinski definition) is 3. The van der Waals surface area contributed by atoms with Gasteiger partial charge in [-0.3, -0.25) is 0 Å². The highest BCUT2D eigenvalue weighted by Crippen LogP contribution is 2.13. The van der Waals surface area contributed by atoms with E-state index in [1.807, 2.05) is 0 Å². The Morgan fingerprint density at radius 2 is 1.23 bits per heavy atom. The van der Waals surface area contributed by atoms with Crippen molar-refractivity contribution in [3.8, 4) is 0 Å². The van der Waals surface area contributed by atoms with Crippen molar-refractivity contribution in [2.24, 2.45) is 7.05 Å². The predicted octanol–water partition coefficient (Wildman–Crippen LogP) is 4.69. The average Bonchev–Trinajstić information content (AvgIpc) is 3.13. The van der Waals surface area contributed by atoms with Crippen molar-refractivity contribution in [2.75, 3.05) is 0 Å². The van der Waals surface area contributed by atoms with Gasteiger partial charge in [-0.2, -0.15) is 0 Å². The number of imidazole rings is 1. The maximum Gasteiger partial charge on any atom is 0.243 e. The zero-order valence-electron chi connectivity index (χ0n) is 20.0. The molecule has 0 saturated heterocycles. The first-order chi connectivity index (χ1) is 14.5. The van der Waals surface area contributed by atoms with Crippen LogP contribution in [-0.4, -0.2) is 21.7 Å². The van der Waals surface area contributed by atoms with Gasteiger partial charge >= 0.3 is 0 Å². The minimum Gasteiger partial charge on any atom is -0.547 e. The number of rotatable bonds is 18. The van der Waals surface area contributed by atoms with Crippen molar-refractivity contribution >= 4 is 5.97 Å². The Hall–Kier alpha value is -1.36. The van der Waals surface area contributed by atoms with E-state index in [-0.39, 0.29) is 0 Å². The number of carbonyl (C=O) groups is 1. The summed E-state index contributed by atoms with van der Waals surface area (Å²) in [4.78, 5) is 9.34. The Labute approximate surface area is 185 Å². The first kappa shape index (κ1) is 28.6. The smallest absolute Gasteiger partial charge is 0.243 e. The summed E-state index contributed by atoms with van der Waals surface area (Å²) in [6, 6.07) is 0. The zero-order chi connectivity index (χ0) is 22.5. The van der Waals surface area contributed by atoms with Gasteiger partial charge in [0.25, 0.3) is 0 Å². The summed E-state index contributed by atoms with van der Waals surface area (Å²) >= 11 is 0. The number of unbranched alkanes of at least 4 members (excludes halogenated alkanes) is 15. The number of aliphatic hydroxyl groups is 1. The number of nitrogens with zero attached hydrogens (tertiary/aromatic N) is 2. The van der Waals surface area contributed by atoms with Gasteiger partial charge in [0.05, 0.1) is 25.7 Å². The molecule has 0 fully saturated rings. The van der Waals surface area contributed by atoms with Crippen LogP contribution in [0.2, 0.25) is 0 Å². The standard InChI is InChI=1S/C22H43N2.C3H6O3/c1-3-4-5-6-7-8-9-10-11-12-13-14-15-16-17-18-19-24-21-20-23(2)22-24;1-2(4)3(5)6/h20-22H,3-19H2,1-2H3;2,4H,1H3,(H,5,6)/q+1;/p-1. The molecule has 0 aliphatic heterocycles. The van der Waals surface area contributed by atoms with Crippen LogP contribution < -0.4 is 9.67 Å². The lowest BCUT2D eigenvalue weighted by Crippen LogP contribution is -2.32. The minimum absolute atomic E-state index is 1.13. The van der Waals surface area contributed by atoms with Crippen molar-refractivity contribution in [1.29, 1.82) is 0 Å². The molecule has 5 heteroatoms. The molecular formula is C25H48N2O3. The number of carboxylic acid groups (broad SMARTS) is 1. The van der Waals surface area contributed by atoms with Gasteiger partial charge in [-0.1, -0.05) is 96.8 Å². The summed E-state index contributed by atoms with van der Waals surface area (Å²) in [5.41, 5.74) is 0. The third-order valence-corrected chi connectivity index (χ3v) is 5.43. The number of aliphatic carboxylic acids is 1. The summed E-state index contributed by atoms with van der Waals surface area (Å²) in [5, 5.41) is 17.3. The van der Waals surface area contributed by atoms with Crippen LogP contribution in [0.4, 0.5) is 0 Å². The molecule has 1 aromatic heterocycles. The molecule has 1 heterocycles. The molecule has 1 atom stereocenters. The van der Waals surface area contributed by atoms with Gasteiger partial charge in [-0.05, 0) is 19.8 Å². The number of hydrogen-bond donors (Lipinski definition) is 1. The van der Waals surface area contributed by atoms with Gasteiger partial charge in [0.2, 0.25) is 6.33 Å². The molecule has 0 saturated carbocycles. The molecule has 0 radical (unpaired) electrons. The van der Waals surface area contributed by atoms with Crippen LogP contribution in [0.25, 0.3) is 0 Å². The predicted molar refractivity (Wildman–Crippen MR) is 122 cm³/mol. The van der Waals surface area contributed by atoms with Gasteiger partial charge in [-0.15, -0.1) is 0 Å². The highest BCUT2D eigenvalue weighted by Gasteiger charge is 1.99. The van der Waals surface area contributed by atoms with Crippen LogP contribution >= 0.6 is 0 Å². The SMILES string of the molecule is CC(O)C(=O)[O-].CCCCCCCCCCCCCCCCCCn1cc[n+](C)c1. The van der Waals surface area contributed by atoms with Gasteiger partial charge in [0.15, 0.2) is 0 Å². The molecule has 1 N–H and O–H groups in total. The van der Waals surface area contributed by atoms with E-state index < -0.39 is 12.1 Å². The summed E-state index contributed by atoms with van der Waals surface area (Å²) in [6.07, 6.45) is 28.2. The summed E-state index contributed by atoms with van der Waals surface area (Å²) < 4.78 is 4.41. The largest absolute Gasteiger partial charge is 0.547 e. The lowest BCUT2D eigenvalue weighted by molar-refractivity contribution is -0.671. The molecule has 0 aromatic carbocycles. The van der Waals surface area contributed by atoms with Crippen molar-refractivity contribution < 1.29 is 19.6 Å². The molecule has 5 nitrogen and oxygen atoms in total. The molecule has 0 bridgehead atoms. The van der Waals surface area contributed by atoms with E-state index >= 15 is 0 Å². The Morgan fingerprint density at radius 1 is 0.867 bits per heavy atom. The maximum atomic E-state index is 9.34. The van der Waals surface area contributed by atoms with Gasteiger partial charge in [-0.25, -0.2) is 9.13 Å². The quantitative estimate of drug-likeness (QED) is 0.274. The molecule has 1 aromatic rings. The number of carbonyl (C=O) groups excluding carboxylic acids is 1. The lowest BCUT2D eigenvalue weighted by Gasteiger charge is -2.03. The van der Waals surface area contributed by atoms with Crippen LogP contribution in [0.1, 0.15) is 117 Å². The molecule has 1 unspecified atom stereocenters. The van der Waals surface area contributed by atoms with E-state index in [1.54, 1.807) is 0 Å². The Morgan fingerprint density at radius 3 is 1.53 bits per heavy atom. The van der Waals surface area contributed by atoms with Gasteiger partial charge < -0.3 is 15.0 Å². The highest BCUT2D eigenvalue weighted by atomic mass is 16.4. The number of aliphatic hydroxyl groups excluding tert-OH is 1. The fourth-order valence-electron chi connectivity index (χ4n) is 3.48. The van der Waals surface area contributed by atoms with Crippen LogP contribution in [-0.2, 0) is 18.4 Å². The monoisotopic (exact) mass is 424 g/mol. The second-order valence-corrected chi connectivity index (χ2v) is 8.62. The maximum absolute atomic E-state index is 9.34. The second kappa shape index (κ2) is 20.9. The van der Waals surface area contributed by atoms with E-state index in [2.05, 4.69) is 41.8 Å². The molecule has 0 amide bonds. The molecule has 0 spiro atoms. The van der Waals surface area contributed by atoms with E-state index in [9.17, 15) is 9.90 Å².